The molecule has 0 saturated heterocycles. The zero-order valence-corrected chi connectivity index (χ0v) is 10.5. The van der Waals surface area contributed by atoms with Crippen molar-refractivity contribution in [2.24, 2.45) is 5.73 Å². The van der Waals surface area contributed by atoms with Crippen LogP contribution in [-0.2, 0) is 14.2 Å². The van der Waals surface area contributed by atoms with Gasteiger partial charge >= 0.3 is 88.2 Å². The Morgan fingerprint density at radius 2 is 1.23 bits per heavy atom. The Labute approximate surface area is 88.6 Å². The van der Waals surface area contributed by atoms with Crippen LogP contribution in [0.2, 0.25) is 5.21 Å². The Hall–Kier alpha value is 0.398. The summed E-state index contributed by atoms with van der Waals surface area (Å²) in [4.78, 5) is 0. The van der Waals surface area contributed by atoms with Crippen LogP contribution in [0, 0.1) is 0 Å². The van der Waals surface area contributed by atoms with Gasteiger partial charge in [-0.05, 0) is 0 Å². The number of rotatable bonds is 10. The third-order valence-corrected chi connectivity index (χ3v) is 1.76. The Kier molecular flexibility index (Phi) is 12.8. The summed E-state index contributed by atoms with van der Waals surface area (Å²) in [5, 5.41) is 1.12. The summed E-state index contributed by atoms with van der Waals surface area (Å²) in [5.74, 6) is 0. The van der Waals surface area contributed by atoms with Gasteiger partial charge in [0.15, 0.2) is 0 Å². The van der Waals surface area contributed by atoms with Gasteiger partial charge in [-0.1, -0.05) is 0 Å². The summed E-state index contributed by atoms with van der Waals surface area (Å²) in [6, 6.07) is 0. The van der Waals surface area contributed by atoms with Crippen LogP contribution in [0.25, 0.3) is 0 Å². The average molecular weight is 253 g/mol. The summed E-state index contributed by atoms with van der Waals surface area (Å²) in [6.07, 6.45) is 0. The predicted octanol–water partition coefficient (Wildman–Crippen LogP) is -0.954. The zero-order valence-electron chi connectivity index (χ0n) is 8.04. The molecule has 0 aliphatic rings. The van der Waals surface area contributed by atoms with Crippen molar-refractivity contribution in [1.82, 2.24) is 0 Å². The fourth-order valence-electron chi connectivity index (χ4n) is 0.709. The number of nitrogens with two attached hydrogens (primary N) is 1. The quantitative estimate of drug-likeness (QED) is 0.403. The van der Waals surface area contributed by atoms with Crippen LogP contribution < -0.4 is 5.73 Å². The van der Waals surface area contributed by atoms with Crippen molar-refractivity contribution in [2.45, 2.75) is 5.21 Å². The van der Waals surface area contributed by atoms with Gasteiger partial charge in [-0.15, -0.1) is 0 Å². The molecule has 2 N–H and O–H groups in total. The van der Waals surface area contributed by atoms with E-state index in [0.29, 0.717) is 39.6 Å². The molecule has 0 heterocycles. The number of ether oxygens (including phenoxy) is 3. The van der Waals surface area contributed by atoms with E-state index in [9.17, 15) is 0 Å². The van der Waals surface area contributed by atoms with Gasteiger partial charge in [0.25, 0.3) is 0 Å². The molecule has 1 atom stereocenters. The SMILES string of the molecule is NCCOCCOCCOCC[AsH2]. The summed E-state index contributed by atoms with van der Waals surface area (Å²) in [6.45, 7) is 4.60. The fourth-order valence-corrected chi connectivity index (χ4v) is 1.06. The van der Waals surface area contributed by atoms with Crippen molar-refractivity contribution >= 4 is 16.9 Å². The molecule has 0 fully saturated rings. The van der Waals surface area contributed by atoms with Crippen LogP contribution in [0.4, 0.5) is 0 Å². The van der Waals surface area contributed by atoms with Crippen molar-refractivity contribution in [3.63, 3.8) is 0 Å². The fraction of sp³-hybridized carbons (Fsp3) is 1.00. The molecular formula is C8H20AsNO3. The van der Waals surface area contributed by atoms with Gasteiger partial charge in [-0.2, -0.15) is 0 Å². The molecule has 0 radical (unpaired) electrons. The minimum atomic E-state index is 0.571. The molecule has 0 aromatic heterocycles. The molecule has 0 amide bonds. The second-order valence-electron chi connectivity index (χ2n) is 2.41. The minimum absolute atomic E-state index is 0.571. The topological polar surface area (TPSA) is 53.7 Å². The summed E-state index contributed by atoms with van der Waals surface area (Å²) >= 11 is 1.69. The summed E-state index contributed by atoms with van der Waals surface area (Å²) in [5.41, 5.74) is 5.24. The van der Waals surface area contributed by atoms with Crippen LogP contribution in [-0.4, -0.2) is 63.0 Å². The first-order valence-electron chi connectivity index (χ1n) is 4.55. The number of hydrogen-bond donors (Lipinski definition) is 1. The molecule has 13 heavy (non-hydrogen) atoms. The molecule has 0 spiro atoms. The first kappa shape index (κ1) is 13.4. The van der Waals surface area contributed by atoms with Crippen molar-refractivity contribution in [1.29, 1.82) is 0 Å². The van der Waals surface area contributed by atoms with E-state index in [-0.39, 0.29) is 0 Å². The van der Waals surface area contributed by atoms with Crippen LogP contribution in [0.3, 0.4) is 0 Å². The van der Waals surface area contributed by atoms with Gasteiger partial charge in [0.1, 0.15) is 0 Å². The van der Waals surface area contributed by atoms with Crippen LogP contribution >= 0.6 is 0 Å². The van der Waals surface area contributed by atoms with E-state index in [1.54, 1.807) is 16.9 Å². The van der Waals surface area contributed by atoms with Crippen molar-refractivity contribution in [3.05, 3.63) is 0 Å². The zero-order chi connectivity index (χ0) is 9.78. The summed E-state index contributed by atoms with van der Waals surface area (Å²) < 4.78 is 15.6. The molecular weight excluding hydrogens is 233 g/mol. The van der Waals surface area contributed by atoms with Gasteiger partial charge in [0.2, 0.25) is 0 Å². The third kappa shape index (κ3) is 12.4. The van der Waals surface area contributed by atoms with Crippen LogP contribution in [0.15, 0.2) is 0 Å². The normalized spacial score (nSPS) is 10.6. The van der Waals surface area contributed by atoms with E-state index in [1.807, 2.05) is 0 Å². The maximum atomic E-state index is 5.24. The molecule has 0 aliphatic carbocycles. The second kappa shape index (κ2) is 12.4. The average Bonchev–Trinajstić information content (AvgIpc) is 2.16. The monoisotopic (exact) mass is 253 g/mol. The van der Waals surface area contributed by atoms with Gasteiger partial charge in [-0.25, -0.2) is 0 Å². The Morgan fingerprint density at radius 3 is 1.69 bits per heavy atom. The molecule has 0 aromatic carbocycles. The van der Waals surface area contributed by atoms with Gasteiger partial charge < -0.3 is 0 Å². The van der Waals surface area contributed by atoms with E-state index in [2.05, 4.69) is 0 Å². The second-order valence-corrected chi connectivity index (χ2v) is 3.63. The van der Waals surface area contributed by atoms with E-state index < -0.39 is 0 Å². The Bertz CT molecular complexity index is 85.5. The predicted molar refractivity (Wildman–Crippen MR) is 54.9 cm³/mol. The molecule has 4 nitrogen and oxygen atoms in total. The van der Waals surface area contributed by atoms with E-state index >= 15 is 0 Å². The molecule has 5 heteroatoms. The standard InChI is InChI=1S/C8H20AsNO3/c9-1-3-11-5-7-13-8-6-12-4-2-10/h1-10H2. The molecule has 0 bridgehead atoms. The maximum absolute atomic E-state index is 5.24. The third-order valence-electron chi connectivity index (χ3n) is 1.27. The van der Waals surface area contributed by atoms with Crippen LogP contribution in [0.5, 0.6) is 0 Å². The van der Waals surface area contributed by atoms with Crippen molar-refractivity contribution in [2.75, 3.05) is 46.2 Å². The van der Waals surface area contributed by atoms with Gasteiger partial charge in [-0.3, -0.25) is 0 Å². The molecule has 0 rings (SSSR count). The van der Waals surface area contributed by atoms with Crippen molar-refractivity contribution in [3.8, 4) is 0 Å². The molecule has 0 aromatic rings. The first-order chi connectivity index (χ1) is 6.41. The van der Waals surface area contributed by atoms with Crippen molar-refractivity contribution < 1.29 is 14.2 Å². The molecule has 0 aliphatic heterocycles. The van der Waals surface area contributed by atoms with Gasteiger partial charge in [0, 0.05) is 0 Å². The van der Waals surface area contributed by atoms with Crippen LogP contribution in [0.1, 0.15) is 0 Å². The first-order valence-corrected chi connectivity index (χ1v) is 6.26. The van der Waals surface area contributed by atoms with Gasteiger partial charge in [0.05, 0.1) is 0 Å². The van der Waals surface area contributed by atoms with E-state index in [4.69, 9.17) is 19.9 Å². The Balaban J connectivity index is 2.76. The molecule has 0 saturated carbocycles. The number of hydrogen-bond acceptors (Lipinski definition) is 4. The van der Waals surface area contributed by atoms with E-state index in [1.165, 1.54) is 0 Å². The van der Waals surface area contributed by atoms with E-state index in [0.717, 1.165) is 11.8 Å². The molecule has 1 unspecified atom stereocenters. The molecule has 80 valence electrons. The Morgan fingerprint density at radius 1 is 0.769 bits per heavy atom. The summed E-state index contributed by atoms with van der Waals surface area (Å²) in [7, 11) is 0.